The van der Waals surface area contributed by atoms with Gasteiger partial charge in [-0.1, -0.05) is 19.3 Å². The molecule has 1 saturated carbocycles. The average Bonchev–Trinajstić information content (AvgIpc) is 3.28. The van der Waals surface area contributed by atoms with Gasteiger partial charge in [-0.15, -0.1) is 0 Å². The molecular formula is C23H37N3O5. The number of rotatable bonds is 6. The standard InChI is InChI=1S/C23H37N3O5/c1-3-31-23(30)18-11-7-13-25(15-18)20(27)16-24(2)22(29)19-12-8-14-26(19)21(28)17-9-5-4-6-10-17/h17-19H,3-16H2,1-2H3. The zero-order valence-electron chi connectivity index (χ0n) is 19.0. The van der Waals surface area contributed by atoms with E-state index >= 15 is 0 Å². The van der Waals surface area contributed by atoms with Gasteiger partial charge in [0.2, 0.25) is 17.7 Å². The zero-order valence-corrected chi connectivity index (χ0v) is 19.0. The summed E-state index contributed by atoms with van der Waals surface area (Å²) in [5.74, 6) is -0.711. The molecule has 8 heteroatoms. The van der Waals surface area contributed by atoms with Crippen LogP contribution in [-0.2, 0) is 23.9 Å². The molecule has 2 aliphatic heterocycles. The summed E-state index contributed by atoms with van der Waals surface area (Å²) >= 11 is 0. The molecule has 1 aliphatic carbocycles. The van der Waals surface area contributed by atoms with Gasteiger partial charge in [-0.2, -0.15) is 0 Å². The summed E-state index contributed by atoms with van der Waals surface area (Å²) in [6.45, 7) is 3.63. The third kappa shape index (κ3) is 5.77. The third-order valence-electron chi connectivity index (χ3n) is 6.92. The molecule has 2 atom stereocenters. The summed E-state index contributed by atoms with van der Waals surface area (Å²) < 4.78 is 5.10. The van der Waals surface area contributed by atoms with Gasteiger partial charge in [-0.3, -0.25) is 19.2 Å². The molecule has 2 heterocycles. The molecular weight excluding hydrogens is 398 g/mol. The van der Waals surface area contributed by atoms with E-state index in [-0.39, 0.29) is 42.1 Å². The second-order valence-corrected chi connectivity index (χ2v) is 9.15. The summed E-state index contributed by atoms with van der Waals surface area (Å²) in [5, 5.41) is 0. The van der Waals surface area contributed by atoms with Crippen molar-refractivity contribution in [2.75, 3.05) is 39.8 Å². The second kappa shape index (κ2) is 11.0. The topological polar surface area (TPSA) is 87.2 Å². The molecule has 8 nitrogen and oxygen atoms in total. The number of esters is 1. The highest BCUT2D eigenvalue weighted by atomic mass is 16.5. The quantitative estimate of drug-likeness (QED) is 0.594. The molecule has 2 unspecified atom stereocenters. The molecule has 174 valence electrons. The molecule has 0 radical (unpaired) electrons. The van der Waals surface area contributed by atoms with E-state index in [0.29, 0.717) is 32.7 Å². The molecule has 0 aromatic carbocycles. The van der Waals surface area contributed by atoms with Crippen LogP contribution < -0.4 is 0 Å². The van der Waals surface area contributed by atoms with Gasteiger partial charge in [-0.05, 0) is 45.4 Å². The number of amides is 3. The molecule has 3 amide bonds. The van der Waals surface area contributed by atoms with Crippen LogP contribution in [0.3, 0.4) is 0 Å². The van der Waals surface area contributed by atoms with Crippen LogP contribution in [0.25, 0.3) is 0 Å². The normalized spacial score (nSPS) is 24.7. The first-order chi connectivity index (χ1) is 14.9. The number of carbonyl (C=O) groups is 4. The third-order valence-corrected chi connectivity index (χ3v) is 6.92. The maximum absolute atomic E-state index is 13.1. The van der Waals surface area contributed by atoms with Crippen LogP contribution in [0.4, 0.5) is 0 Å². The first-order valence-electron chi connectivity index (χ1n) is 11.9. The SMILES string of the molecule is CCOC(=O)C1CCCN(C(=O)CN(C)C(=O)C2CCCN2C(=O)C2CCCCC2)C1. The molecule has 0 N–H and O–H groups in total. The molecule has 3 rings (SSSR count). The van der Waals surface area contributed by atoms with Crippen molar-refractivity contribution in [2.24, 2.45) is 11.8 Å². The minimum atomic E-state index is -0.458. The van der Waals surface area contributed by atoms with Crippen LogP contribution in [-0.4, -0.2) is 84.3 Å². The van der Waals surface area contributed by atoms with Crippen molar-refractivity contribution in [3.8, 4) is 0 Å². The van der Waals surface area contributed by atoms with Crippen molar-refractivity contribution >= 4 is 23.7 Å². The fourth-order valence-corrected chi connectivity index (χ4v) is 5.16. The van der Waals surface area contributed by atoms with Crippen molar-refractivity contribution < 1.29 is 23.9 Å². The lowest BCUT2D eigenvalue weighted by Crippen LogP contribution is -2.52. The molecule has 3 aliphatic rings. The fraction of sp³-hybridized carbons (Fsp3) is 0.826. The maximum Gasteiger partial charge on any atom is 0.310 e. The Hall–Kier alpha value is -2.12. The van der Waals surface area contributed by atoms with E-state index in [1.165, 1.54) is 11.3 Å². The fourth-order valence-electron chi connectivity index (χ4n) is 5.16. The summed E-state index contributed by atoms with van der Waals surface area (Å²) in [5.41, 5.74) is 0. The van der Waals surface area contributed by atoms with E-state index in [1.807, 2.05) is 0 Å². The lowest BCUT2D eigenvalue weighted by atomic mass is 9.88. The average molecular weight is 436 g/mol. The Morgan fingerprint density at radius 1 is 0.903 bits per heavy atom. The number of hydrogen-bond donors (Lipinski definition) is 0. The van der Waals surface area contributed by atoms with Crippen LogP contribution in [0.15, 0.2) is 0 Å². The van der Waals surface area contributed by atoms with Crippen molar-refractivity contribution in [3.05, 3.63) is 0 Å². The first-order valence-corrected chi connectivity index (χ1v) is 11.9. The van der Waals surface area contributed by atoms with E-state index in [2.05, 4.69) is 0 Å². The summed E-state index contributed by atoms with van der Waals surface area (Å²) in [6.07, 6.45) is 8.14. The highest BCUT2D eigenvalue weighted by molar-refractivity contribution is 5.91. The highest BCUT2D eigenvalue weighted by Gasteiger charge is 2.39. The van der Waals surface area contributed by atoms with E-state index in [9.17, 15) is 19.2 Å². The molecule has 0 aromatic rings. The highest BCUT2D eigenvalue weighted by Crippen LogP contribution is 2.29. The largest absolute Gasteiger partial charge is 0.466 e. The zero-order chi connectivity index (χ0) is 22.4. The Labute approximate surface area is 185 Å². The van der Waals surface area contributed by atoms with Crippen molar-refractivity contribution in [2.45, 2.75) is 70.8 Å². The lowest BCUT2D eigenvalue weighted by molar-refractivity contribution is -0.152. The van der Waals surface area contributed by atoms with E-state index < -0.39 is 6.04 Å². The molecule has 0 spiro atoms. The van der Waals surface area contributed by atoms with Gasteiger partial charge < -0.3 is 19.4 Å². The minimum Gasteiger partial charge on any atom is -0.466 e. The van der Waals surface area contributed by atoms with Gasteiger partial charge in [0.25, 0.3) is 0 Å². The number of piperidine rings is 1. The van der Waals surface area contributed by atoms with Crippen LogP contribution in [0.2, 0.25) is 0 Å². The Balaban J connectivity index is 1.54. The molecule has 3 fully saturated rings. The monoisotopic (exact) mass is 435 g/mol. The van der Waals surface area contributed by atoms with Gasteiger partial charge >= 0.3 is 5.97 Å². The summed E-state index contributed by atoms with van der Waals surface area (Å²) in [4.78, 5) is 55.8. The lowest BCUT2D eigenvalue weighted by Gasteiger charge is -2.34. The first kappa shape index (κ1) is 23.5. The van der Waals surface area contributed by atoms with Crippen LogP contribution >= 0.6 is 0 Å². The van der Waals surface area contributed by atoms with Gasteiger partial charge in [0, 0.05) is 32.6 Å². The smallest absolute Gasteiger partial charge is 0.310 e. The van der Waals surface area contributed by atoms with E-state index in [0.717, 1.165) is 44.9 Å². The number of hydrogen-bond acceptors (Lipinski definition) is 5. The summed E-state index contributed by atoms with van der Waals surface area (Å²) in [6, 6.07) is -0.458. The Kier molecular flexibility index (Phi) is 8.32. The molecule has 31 heavy (non-hydrogen) atoms. The van der Waals surface area contributed by atoms with Crippen LogP contribution in [0.5, 0.6) is 0 Å². The second-order valence-electron chi connectivity index (χ2n) is 9.15. The Morgan fingerprint density at radius 3 is 2.29 bits per heavy atom. The number of likely N-dealkylation sites (tertiary alicyclic amines) is 2. The summed E-state index contributed by atoms with van der Waals surface area (Å²) in [7, 11) is 1.63. The van der Waals surface area contributed by atoms with Gasteiger partial charge in [0.15, 0.2) is 0 Å². The van der Waals surface area contributed by atoms with Crippen molar-refractivity contribution in [1.29, 1.82) is 0 Å². The van der Waals surface area contributed by atoms with Gasteiger partial charge in [0.1, 0.15) is 6.04 Å². The van der Waals surface area contributed by atoms with Crippen LogP contribution in [0.1, 0.15) is 64.7 Å². The Bertz CT molecular complexity index is 676. The number of nitrogens with zero attached hydrogens (tertiary/aromatic N) is 3. The number of likely N-dealkylation sites (N-methyl/N-ethyl adjacent to an activating group) is 1. The maximum atomic E-state index is 13.1. The Morgan fingerprint density at radius 2 is 1.58 bits per heavy atom. The number of ether oxygens (including phenoxy) is 1. The predicted molar refractivity (Wildman–Crippen MR) is 115 cm³/mol. The number of carbonyl (C=O) groups excluding carboxylic acids is 4. The van der Waals surface area contributed by atoms with E-state index in [4.69, 9.17) is 4.74 Å². The van der Waals surface area contributed by atoms with Gasteiger partial charge in [-0.25, -0.2) is 0 Å². The molecule has 0 aromatic heterocycles. The van der Waals surface area contributed by atoms with E-state index in [1.54, 1.807) is 23.8 Å². The van der Waals surface area contributed by atoms with Gasteiger partial charge in [0.05, 0.1) is 19.1 Å². The van der Waals surface area contributed by atoms with Crippen molar-refractivity contribution in [3.63, 3.8) is 0 Å². The van der Waals surface area contributed by atoms with Crippen molar-refractivity contribution in [1.82, 2.24) is 14.7 Å². The molecule has 0 bridgehead atoms. The predicted octanol–water partition coefficient (Wildman–Crippen LogP) is 1.82. The minimum absolute atomic E-state index is 0.0314. The van der Waals surface area contributed by atoms with Crippen LogP contribution in [0, 0.1) is 11.8 Å². The molecule has 2 saturated heterocycles.